The number of benzene rings is 3. The highest BCUT2D eigenvalue weighted by Crippen LogP contribution is 2.32. The molecule has 0 saturated heterocycles. The van der Waals surface area contributed by atoms with Gasteiger partial charge in [0.05, 0.1) is 12.2 Å². The summed E-state index contributed by atoms with van der Waals surface area (Å²) in [5.74, 6) is 0.723. The molecule has 5 rings (SSSR count). The van der Waals surface area contributed by atoms with Gasteiger partial charge in [-0.15, -0.1) is 0 Å². The van der Waals surface area contributed by atoms with Crippen LogP contribution in [0.5, 0.6) is 5.88 Å². The van der Waals surface area contributed by atoms with Crippen molar-refractivity contribution in [1.29, 1.82) is 0 Å². The van der Waals surface area contributed by atoms with Crippen LogP contribution in [0.15, 0.2) is 83.8 Å². The molecular weight excluding hydrogens is 444 g/mol. The number of hydrogen-bond acceptors (Lipinski definition) is 6. The Morgan fingerprint density at radius 1 is 0.912 bits per heavy atom. The molecule has 0 unspecified atom stereocenters. The Hall–Kier alpha value is -3.84. The van der Waals surface area contributed by atoms with E-state index in [1.165, 1.54) is 11.9 Å². The molecule has 1 aromatic heterocycles. The molecule has 2 N–H and O–H groups in total. The van der Waals surface area contributed by atoms with Crippen LogP contribution in [0.2, 0.25) is 0 Å². The molecule has 7 heteroatoms. The fourth-order valence-corrected chi connectivity index (χ4v) is 4.64. The molecule has 1 amide bonds. The molecule has 0 aliphatic carbocycles. The summed E-state index contributed by atoms with van der Waals surface area (Å²) in [5, 5.41) is 3.01. The maximum atomic E-state index is 12.8. The lowest BCUT2D eigenvalue weighted by molar-refractivity contribution is 0.0925. The second-order valence-electron chi connectivity index (χ2n) is 8.14. The smallest absolute Gasteiger partial charge is 0.251 e. The third-order valence-electron chi connectivity index (χ3n) is 5.68. The first-order valence-electron chi connectivity index (χ1n) is 11.1. The van der Waals surface area contributed by atoms with Crippen LogP contribution in [0.3, 0.4) is 0 Å². The number of aromatic nitrogens is 2. The number of carbonyl (C=O) groups is 1. The first-order chi connectivity index (χ1) is 16.6. The van der Waals surface area contributed by atoms with Gasteiger partial charge in [-0.3, -0.25) is 9.52 Å². The summed E-state index contributed by atoms with van der Waals surface area (Å²) in [4.78, 5) is 23.2. The number of carbonyl (C=O) groups excluding carboxylic acids is 1. The minimum atomic E-state index is -0.421. The number of ether oxygens (including phenoxy) is 1. The van der Waals surface area contributed by atoms with Gasteiger partial charge in [-0.05, 0) is 60.7 Å². The van der Waals surface area contributed by atoms with E-state index < -0.39 is 6.10 Å². The molecule has 3 aromatic carbocycles. The van der Waals surface area contributed by atoms with Crippen molar-refractivity contribution in [2.45, 2.75) is 24.8 Å². The third kappa shape index (κ3) is 4.75. The van der Waals surface area contributed by atoms with Crippen LogP contribution >= 0.6 is 11.9 Å². The molecule has 0 radical (unpaired) electrons. The van der Waals surface area contributed by atoms with Crippen LogP contribution in [-0.4, -0.2) is 22.4 Å². The Kier molecular flexibility index (Phi) is 6.18. The lowest BCUT2D eigenvalue weighted by Crippen LogP contribution is -2.30. The van der Waals surface area contributed by atoms with E-state index >= 15 is 0 Å². The topological polar surface area (TPSA) is 76.1 Å². The highest BCUT2D eigenvalue weighted by Gasteiger charge is 2.20. The van der Waals surface area contributed by atoms with Crippen LogP contribution in [-0.2, 0) is 0 Å². The van der Waals surface area contributed by atoms with Crippen LogP contribution in [0.1, 0.15) is 33.2 Å². The first kappa shape index (κ1) is 22.0. The van der Waals surface area contributed by atoms with Gasteiger partial charge in [0.25, 0.3) is 5.91 Å². The SMILES string of the molecule is Cc1cccc(C)c1-c1cc2nc(n1)NSc1cccc(c1)C(=O)NC[C@H](c1ccccc1)O2. The molecule has 170 valence electrons. The lowest BCUT2D eigenvalue weighted by Gasteiger charge is -2.20. The van der Waals surface area contributed by atoms with Crippen molar-refractivity contribution in [2.24, 2.45) is 0 Å². The Morgan fingerprint density at radius 2 is 1.68 bits per heavy atom. The third-order valence-corrected chi connectivity index (χ3v) is 6.45. The van der Waals surface area contributed by atoms with Crippen molar-refractivity contribution in [3.8, 4) is 17.1 Å². The zero-order chi connectivity index (χ0) is 23.5. The maximum Gasteiger partial charge on any atom is 0.251 e. The van der Waals surface area contributed by atoms with E-state index in [9.17, 15) is 4.79 Å². The van der Waals surface area contributed by atoms with Gasteiger partial charge in [0.1, 0.15) is 6.10 Å². The molecule has 1 aliphatic rings. The van der Waals surface area contributed by atoms with Gasteiger partial charge in [-0.1, -0.05) is 54.6 Å². The molecule has 0 saturated carbocycles. The van der Waals surface area contributed by atoms with Gasteiger partial charge in [-0.25, -0.2) is 4.98 Å². The second-order valence-corrected chi connectivity index (χ2v) is 9.02. The molecule has 1 aliphatic heterocycles. The summed E-state index contributed by atoms with van der Waals surface area (Å²) >= 11 is 1.35. The van der Waals surface area contributed by atoms with E-state index in [1.54, 1.807) is 6.07 Å². The molecular formula is C27H24N4O2S. The Labute approximate surface area is 202 Å². The predicted molar refractivity (Wildman–Crippen MR) is 135 cm³/mol. The Morgan fingerprint density at radius 3 is 2.47 bits per heavy atom. The number of amides is 1. The van der Waals surface area contributed by atoms with Gasteiger partial charge in [0.15, 0.2) is 0 Å². The first-order valence-corrected chi connectivity index (χ1v) is 11.9. The fourth-order valence-electron chi connectivity index (χ4n) is 4.01. The summed E-state index contributed by atoms with van der Waals surface area (Å²) in [5.41, 5.74) is 5.62. The molecule has 4 aromatic rings. The highest BCUT2D eigenvalue weighted by atomic mass is 32.2. The van der Waals surface area contributed by atoms with Crippen molar-refractivity contribution in [1.82, 2.24) is 15.3 Å². The number of anilines is 1. The van der Waals surface area contributed by atoms with Crippen LogP contribution in [0.4, 0.5) is 5.95 Å². The zero-order valence-electron chi connectivity index (χ0n) is 18.9. The number of nitrogens with zero attached hydrogens (tertiary/aromatic N) is 2. The van der Waals surface area contributed by atoms with Gasteiger partial charge in [-0.2, -0.15) is 4.98 Å². The minimum absolute atomic E-state index is 0.153. The molecule has 4 bridgehead atoms. The predicted octanol–water partition coefficient (Wildman–Crippen LogP) is 5.74. The number of aryl methyl sites for hydroxylation is 2. The zero-order valence-corrected chi connectivity index (χ0v) is 19.7. The van der Waals surface area contributed by atoms with Gasteiger partial charge >= 0.3 is 0 Å². The van der Waals surface area contributed by atoms with Gasteiger partial charge in [0, 0.05) is 22.1 Å². The molecule has 0 fully saturated rings. The van der Waals surface area contributed by atoms with Crippen LogP contribution in [0.25, 0.3) is 11.3 Å². The molecule has 0 spiro atoms. The highest BCUT2D eigenvalue weighted by molar-refractivity contribution is 8.00. The number of hydrogen-bond donors (Lipinski definition) is 2. The van der Waals surface area contributed by atoms with Crippen molar-refractivity contribution in [3.63, 3.8) is 0 Å². The molecule has 2 heterocycles. The molecule has 6 nitrogen and oxygen atoms in total. The molecule has 34 heavy (non-hydrogen) atoms. The largest absolute Gasteiger partial charge is 0.467 e. The number of rotatable bonds is 2. The Balaban J connectivity index is 1.62. The van der Waals surface area contributed by atoms with Crippen molar-refractivity contribution in [3.05, 3.63) is 101 Å². The Bertz CT molecular complexity index is 1320. The van der Waals surface area contributed by atoms with Crippen LogP contribution < -0.4 is 14.8 Å². The van der Waals surface area contributed by atoms with E-state index in [2.05, 4.69) is 41.0 Å². The standard InChI is InChI=1S/C27H24N4O2S/c1-17-8-6-9-18(2)25(17)22-15-24-30-27(29-22)31-34-21-13-7-12-20(14-21)26(32)28-16-23(33-24)19-10-4-3-5-11-19/h3-15,23H,16H2,1-2H3,(H,28,32)(H,29,30,31)/t23-/m1/s1. The van der Waals surface area contributed by atoms with Gasteiger partial charge in [0.2, 0.25) is 11.8 Å². The van der Waals surface area contributed by atoms with Crippen LogP contribution in [0, 0.1) is 13.8 Å². The van der Waals surface area contributed by atoms with Crippen molar-refractivity contribution >= 4 is 23.8 Å². The number of fused-ring (bicyclic) bond motifs is 4. The molecule has 1 atom stereocenters. The van der Waals surface area contributed by atoms with E-state index in [1.807, 2.05) is 60.7 Å². The quantitative estimate of drug-likeness (QED) is 0.365. The van der Waals surface area contributed by atoms with Gasteiger partial charge < -0.3 is 10.1 Å². The van der Waals surface area contributed by atoms with Crippen molar-refractivity contribution in [2.75, 3.05) is 11.3 Å². The average Bonchev–Trinajstić information content (AvgIpc) is 2.85. The van der Waals surface area contributed by atoms with Crippen molar-refractivity contribution < 1.29 is 9.53 Å². The van der Waals surface area contributed by atoms with E-state index in [4.69, 9.17) is 9.72 Å². The minimum Gasteiger partial charge on any atom is -0.467 e. The normalized spacial score (nSPS) is 15.6. The number of nitrogens with one attached hydrogen (secondary N) is 2. The summed E-state index contributed by atoms with van der Waals surface area (Å²) in [6.07, 6.45) is -0.421. The van der Waals surface area contributed by atoms with E-state index in [-0.39, 0.29) is 5.91 Å². The summed E-state index contributed by atoms with van der Waals surface area (Å²) in [6.45, 7) is 4.44. The lowest BCUT2D eigenvalue weighted by atomic mass is 10.00. The maximum absolute atomic E-state index is 12.8. The average molecular weight is 469 g/mol. The monoisotopic (exact) mass is 468 g/mol. The summed E-state index contributed by atoms with van der Waals surface area (Å²) < 4.78 is 9.62. The summed E-state index contributed by atoms with van der Waals surface area (Å²) in [7, 11) is 0. The second kappa shape index (κ2) is 9.57. The summed E-state index contributed by atoms with van der Waals surface area (Å²) in [6, 6.07) is 25.3. The van der Waals surface area contributed by atoms with E-state index in [0.29, 0.717) is 23.9 Å². The fraction of sp³-hybridized carbons (Fsp3) is 0.148. The van der Waals surface area contributed by atoms with E-state index in [0.717, 1.165) is 32.8 Å².